The first-order valence-electron chi connectivity index (χ1n) is 15.4. The molecular formula is C31H44F6O2S2. The summed E-state index contributed by atoms with van der Waals surface area (Å²) < 4.78 is 90.1. The lowest BCUT2D eigenvalue weighted by atomic mass is 9.75. The molecule has 2 saturated carbocycles. The zero-order valence-corrected chi connectivity index (χ0v) is 25.5. The third kappa shape index (κ3) is 10.1. The number of unbranched alkanes of at least 4 members (excludes halogenated alkanes) is 2. The van der Waals surface area contributed by atoms with Crippen LogP contribution in [0.5, 0.6) is 11.5 Å². The molecule has 234 valence electrons. The van der Waals surface area contributed by atoms with Crippen molar-refractivity contribution in [3.63, 3.8) is 0 Å². The maximum Gasteiger partial charge on any atom is 0.397 e. The molecule has 2 aliphatic carbocycles. The smallest absolute Gasteiger partial charge is 0.397 e. The Balaban J connectivity index is 1.13. The quantitative estimate of drug-likeness (QED) is 0.160. The van der Waals surface area contributed by atoms with Gasteiger partial charge in [-0.15, -0.1) is 23.5 Å². The molecule has 0 amide bonds. The Hall–Kier alpha value is -0.900. The van der Waals surface area contributed by atoms with Crippen molar-refractivity contribution >= 4 is 23.5 Å². The van der Waals surface area contributed by atoms with Gasteiger partial charge in [-0.1, -0.05) is 58.3 Å². The minimum atomic E-state index is -3.63. The molecule has 41 heavy (non-hydrogen) atoms. The zero-order valence-electron chi connectivity index (χ0n) is 23.9. The predicted molar refractivity (Wildman–Crippen MR) is 155 cm³/mol. The number of thioether (sulfide) groups is 2. The molecule has 1 heterocycles. The average molecular weight is 627 g/mol. The van der Waals surface area contributed by atoms with E-state index < -0.39 is 42.3 Å². The van der Waals surface area contributed by atoms with Gasteiger partial charge < -0.3 is 9.47 Å². The van der Waals surface area contributed by atoms with Gasteiger partial charge in [0.15, 0.2) is 17.4 Å². The van der Waals surface area contributed by atoms with Crippen molar-refractivity contribution in [3.05, 3.63) is 23.8 Å². The third-order valence-corrected chi connectivity index (χ3v) is 12.8. The highest BCUT2D eigenvalue weighted by Gasteiger charge is 2.37. The van der Waals surface area contributed by atoms with Crippen LogP contribution in [0.1, 0.15) is 96.8 Å². The number of ether oxygens (including phenoxy) is 2. The summed E-state index contributed by atoms with van der Waals surface area (Å²) in [7, 11) is 0. The van der Waals surface area contributed by atoms with E-state index in [1.54, 1.807) is 0 Å². The van der Waals surface area contributed by atoms with Gasteiger partial charge >= 0.3 is 12.7 Å². The van der Waals surface area contributed by atoms with Gasteiger partial charge in [0, 0.05) is 12.1 Å². The van der Waals surface area contributed by atoms with Crippen LogP contribution in [0.15, 0.2) is 12.1 Å². The zero-order chi connectivity index (χ0) is 29.4. The molecule has 0 radical (unpaired) electrons. The fourth-order valence-electron chi connectivity index (χ4n) is 6.85. The maximum atomic E-state index is 14.5. The van der Waals surface area contributed by atoms with Gasteiger partial charge in [-0.2, -0.15) is 17.6 Å². The Morgan fingerprint density at radius 2 is 1.37 bits per heavy atom. The van der Waals surface area contributed by atoms with Crippen LogP contribution in [0, 0.1) is 41.2 Å². The summed E-state index contributed by atoms with van der Waals surface area (Å²) in [5.41, 5.74) is 0. The van der Waals surface area contributed by atoms with Crippen molar-refractivity contribution < 1.29 is 35.8 Å². The highest BCUT2D eigenvalue weighted by atomic mass is 32.2. The molecule has 4 rings (SSSR count). The molecule has 0 aromatic heterocycles. The standard InChI is InChI=1S/C31H44F6O2S2/c1-2-3-4-5-20-6-10-22(11-7-20)24-18-40-29(41-19-24)23-12-8-21(9-13-23)14-15-31(36,37)39-25-16-26(32)28(27(33)17-25)38-30(34)35/h16-17,20-24,29-30H,2-15,18-19H2,1H3. The molecule has 1 aliphatic heterocycles. The average Bonchev–Trinajstić information content (AvgIpc) is 2.95. The van der Waals surface area contributed by atoms with Crippen molar-refractivity contribution in [2.24, 2.45) is 29.6 Å². The molecule has 1 aromatic rings. The highest BCUT2D eigenvalue weighted by molar-refractivity contribution is 8.17. The monoisotopic (exact) mass is 626 g/mol. The van der Waals surface area contributed by atoms with Crippen molar-refractivity contribution in [3.8, 4) is 11.5 Å². The minimum Gasteiger partial charge on any atom is -0.432 e. The molecular weight excluding hydrogens is 582 g/mol. The summed E-state index contributed by atoms with van der Waals surface area (Å²) in [5, 5.41) is 0. The van der Waals surface area contributed by atoms with E-state index in [1.165, 1.54) is 62.9 Å². The van der Waals surface area contributed by atoms with E-state index in [4.69, 9.17) is 0 Å². The Labute approximate surface area is 249 Å². The van der Waals surface area contributed by atoms with Crippen LogP contribution in [0.4, 0.5) is 26.3 Å². The van der Waals surface area contributed by atoms with Crippen LogP contribution in [0.2, 0.25) is 0 Å². The Bertz CT molecular complexity index is 904. The lowest BCUT2D eigenvalue weighted by Gasteiger charge is -2.40. The van der Waals surface area contributed by atoms with Gasteiger partial charge in [-0.25, -0.2) is 8.78 Å². The number of rotatable bonds is 13. The van der Waals surface area contributed by atoms with Gasteiger partial charge in [-0.3, -0.25) is 0 Å². The second-order valence-electron chi connectivity index (χ2n) is 12.2. The van der Waals surface area contributed by atoms with Crippen molar-refractivity contribution in [1.82, 2.24) is 0 Å². The third-order valence-electron chi connectivity index (χ3n) is 9.29. The molecule has 0 atom stereocenters. The summed E-state index contributed by atoms with van der Waals surface area (Å²) in [6.07, 6.45) is 11.0. The lowest BCUT2D eigenvalue weighted by Crippen LogP contribution is -2.32. The topological polar surface area (TPSA) is 18.5 Å². The molecule has 0 bridgehead atoms. The summed E-state index contributed by atoms with van der Waals surface area (Å²) in [6, 6.07) is 0.868. The van der Waals surface area contributed by atoms with E-state index in [1.807, 2.05) is 0 Å². The largest absolute Gasteiger partial charge is 0.432 e. The Morgan fingerprint density at radius 1 is 0.805 bits per heavy atom. The highest BCUT2D eigenvalue weighted by Crippen LogP contribution is 2.48. The van der Waals surface area contributed by atoms with Gasteiger partial charge in [0.2, 0.25) is 0 Å². The number of alkyl halides is 4. The fraction of sp³-hybridized carbons (Fsp3) is 0.806. The molecule has 1 aromatic carbocycles. The molecule has 0 N–H and O–H groups in total. The first-order valence-corrected chi connectivity index (χ1v) is 17.5. The Kier molecular flexibility index (Phi) is 12.6. The summed E-state index contributed by atoms with van der Waals surface area (Å²) in [6.45, 7) is -1.17. The normalized spacial score (nSPS) is 29.5. The number of benzene rings is 1. The number of hydrogen-bond acceptors (Lipinski definition) is 4. The van der Waals surface area contributed by atoms with Crippen LogP contribution in [0.3, 0.4) is 0 Å². The van der Waals surface area contributed by atoms with E-state index in [2.05, 4.69) is 39.9 Å². The van der Waals surface area contributed by atoms with E-state index in [-0.39, 0.29) is 12.3 Å². The maximum absolute atomic E-state index is 14.5. The van der Waals surface area contributed by atoms with Crippen molar-refractivity contribution in [2.45, 2.75) is 114 Å². The lowest BCUT2D eigenvalue weighted by molar-refractivity contribution is -0.183. The van der Waals surface area contributed by atoms with Gasteiger partial charge in [-0.05, 0) is 73.2 Å². The number of hydrogen-bond donors (Lipinski definition) is 0. The summed E-state index contributed by atoms with van der Waals surface area (Å²) in [4.78, 5) is 0. The van der Waals surface area contributed by atoms with E-state index in [0.717, 1.165) is 43.4 Å². The number of halogens is 6. The van der Waals surface area contributed by atoms with Gasteiger partial charge in [0.05, 0.1) is 11.0 Å². The second kappa shape index (κ2) is 15.7. The first-order chi connectivity index (χ1) is 19.6. The molecule has 0 unspecified atom stereocenters. The van der Waals surface area contributed by atoms with Crippen molar-refractivity contribution in [1.29, 1.82) is 0 Å². The summed E-state index contributed by atoms with van der Waals surface area (Å²) in [5.74, 6) is 0.811. The van der Waals surface area contributed by atoms with Gasteiger partial charge in [0.1, 0.15) is 5.75 Å². The van der Waals surface area contributed by atoms with E-state index in [9.17, 15) is 26.3 Å². The SMILES string of the molecule is CCCCCC1CCC(C2CSC(C3CCC(CCC(F)(F)Oc4cc(F)c(OC(F)F)c(F)c4)CC3)SC2)CC1. The Morgan fingerprint density at radius 3 is 1.93 bits per heavy atom. The molecule has 3 fully saturated rings. The molecule has 10 heteroatoms. The van der Waals surface area contributed by atoms with Crippen LogP contribution < -0.4 is 9.47 Å². The van der Waals surface area contributed by atoms with E-state index >= 15 is 0 Å². The van der Waals surface area contributed by atoms with Crippen LogP contribution in [0.25, 0.3) is 0 Å². The fourth-order valence-corrected chi connectivity index (χ4v) is 10.6. The van der Waals surface area contributed by atoms with Crippen LogP contribution in [-0.4, -0.2) is 28.8 Å². The molecule has 0 spiro atoms. The summed E-state index contributed by atoms with van der Waals surface area (Å²) >= 11 is 4.25. The van der Waals surface area contributed by atoms with Crippen molar-refractivity contribution in [2.75, 3.05) is 11.5 Å². The van der Waals surface area contributed by atoms with Crippen LogP contribution >= 0.6 is 23.5 Å². The van der Waals surface area contributed by atoms with Gasteiger partial charge in [0.25, 0.3) is 0 Å². The molecule has 3 aliphatic rings. The van der Waals surface area contributed by atoms with Crippen LogP contribution in [-0.2, 0) is 0 Å². The molecule has 2 nitrogen and oxygen atoms in total. The second-order valence-corrected chi connectivity index (χ2v) is 14.9. The predicted octanol–water partition coefficient (Wildman–Crippen LogP) is 10.9. The minimum absolute atomic E-state index is 0.162. The molecule has 1 saturated heterocycles. The van der Waals surface area contributed by atoms with E-state index in [0.29, 0.717) is 22.6 Å². The first kappa shape index (κ1) is 33.0.